The van der Waals surface area contributed by atoms with Crippen molar-refractivity contribution < 1.29 is 37.5 Å². The molecule has 3 aromatic rings. The smallest absolute Gasteiger partial charge is 0.264 e. The number of piperidine rings is 3. The minimum absolute atomic E-state index is 0.0354. The first-order valence-corrected chi connectivity index (χ1v) is 23.2. The van der Waals surface area contributed by atoms with E-state index >= 15 is 8.78 Å². The van der Waals surface area contributed by atoms with Crippen molar-refractivity contribution >= 4 is 52.5 Å². The second-order valence-electron chi connectivity index (χ2n) is 19.3. The number of halogens is 2. The van der Waals surface area contributed by atoms with Gasteiger partial charge in [0.1, 0.15) is 35.6 Å². The van der Waals surface area contributed by atoms with Gasteiger partial charge in [0.2, 0.25) is 17.7 Å². The molecule has 17 nitrogen and oxygen atoms in total. The number of benzene rings is 2. The number of rotatable bonds is 13. The first kappa shape index (κ1) is 45.4. The summed E-state index contributed by atoms with van der Waals surface area (Å²) in [5.74, 6) is -1.80. The predicted molar refractivity (Wildman–Crippen MR) is 242 cm³/mol. The molecule has 3 N–H and O–H groups in total. The van der Waals surface area contributed by atoms with E-state index < -0.39 is 46.8 Å². The number of nitrogens with zero attached hydrogens (tertiary/aromatic N) is 8. The van der Waals surface area contributed by atoms with Crippen LogP contribution in [-0.4, -0.2) is 158 Å². The van der Waals surface area contributed by atoms with Crippen LogP contribution in [0.15, 0.2) is 42.7 Å². The third-order valence-corrected chi connectivity index (χ3v) is 14.3. The van der Waals surface area contributed by atoms with Gasteiger partial charge in [-0.05, 0) is 68.8 Å². The molecule has 1 unspecified atom stereocenters. The molecule has 6 aliphatic heterocycles. The Hall–Kier alpha value is -5.79. The number of ether oxygens (including phenoxy) is 1. The van der Waals surface area contributed by atoms with Crippen molar-refractivity contribution in [2.75, 3.05) is 112 Å². The number of hydrogen-bond acceptors (Lipinski definition) is 14. The van der Waals surface area contributed by atoms with Crippen molar-refractivity contribution in [2.45, 2.75) is 70.5 Å². The van der Waals surface area contributed by atoms with Crippen molar-refractivity contribution in [3.05, 3.63) is 71.1 Å². The molecule has 352 valence electrons. The molecule has 9 rings (SSSR count). The van der Waals surface area contributed by atoms with Crippen LogP contribution in [0.1, 0.15) is 78.7 Å². The number of carbonyl (C=O) groups excluding carboxylic acids is 5. The molecular formula is C47H59F2N11O6. The number of aromatic nitrogens is 2. The Balaban J connectivity index is 0.700. The molecular weight excluding hydrogens is 853 g/mol. The number of carbonyl (C=O) groups is 5. The van der Waals surface area contributed by atoms with E-state index in [1.54, 1.807) is 17.0 Å². The van der Waals surface area contributed by atoms with Gasteiger partial charge in [0, 0.05) is 89.6 Å². The van der Waals surface area contributed by atoms with Gasteiger partial charge in [0.05, 0.1) is 47.8 Å². The van der Waals surface area contributed by atoms with Crippen molar-refractivity contribution in [3.8, 4) is 0 Å². The van der Waals surface area contributed by atoms with E-state index in [4.69, 9.17) is 4.74 Å². The summed E-state index contributed by atoms with van der Waals surface area (Å²) in [4.78, 5) is 84.5. The number of nitrogens with one attached hydrogen (secondary N) is 3. The molecule has 0 bridgehead atoms. The molecule has 1 aromatic heterocycles. The van der Waals surface area contributed by atoms with Crippen molar-refractivity contribution in [1.82, 2.24) is 35.3 Å². The number of amides is 5. The lowest BCUT2D eigenvalue weighted by molar-refractivity contribution is -0.136. The molecule has 0 aliphatic carbocycles. The fraction of sp³-hybridized carbons (Fsp3) is 0.553. The van der Waals surface area contributed by atoms with E-state index in [1.807, 2.05) is 12.1 Å². The maximum absolute atomic E-state index is 15.7. The molecule has 1 spiro atoms. The zero-order valence-electron chi connectivity index (χ0n) is 37.8. The minimum Gasteiger partial charge on any atom is -0.378 e. The first-order valence-electron chi connectivity index (χ1n) is 23.2. The monoisotopic (exact) mass is 911 g/mol. The summed E-state index contributed by atoms with van der Waals surface area (Å²) < 4.78 is 37.1. The van der Waals surface area contributed by atoms with Gasteiger partial charge in [0.15, 0.2) is 0 Å². The highest BCUT2D eigenvalue weighted by atomic mass is 19.1. The van der Waals surface area contributed by atoms with Gasteiger partial charge in [-0.2, -0.15) is 0 Å². The summed E-state index contributed by atoms with van der Waals surface area (Å²) in [6.07, 6.45) is 4.96. The van der Waals surface area contributed by atoms with Gasteiger partial charge >= 0.3 is 0 Å². The van der Waals surface area contributed by atoms with Crippen LogP contribution in [0.5, 0.6) is 0 Å². The SMILES string of the molecule is CC1(C)CCN(Cc2cc(F)c(N3CC(=O)NC4(CCN(c5cc(NCCOCCN6CCN(c7cccc8c7C(=O)N(C7CCC(=O)NC7=O)C8=O)CC6)ncn5)CC4)C3)cc2F)CC1. The molecule has 0 radical (unpaired) electrons. The number of fused-ring (bicyclic) bond motifs is 1. The summed E-state index contributed by atoms with van der Waals surface area (Å²) in [6, 6.07) is 8.66. The Kier molecular flexibility index (Phi) is 12.9. The summed E-state index contributed by atoms with van der Waals surface area (Å²) >= 11 is 0. The number of imide groups is 2. The number of hydrogen-bond donors (Lipinski definition) is 3. The Morgan fingerprint density at radius 3 is 2.32 bits per heavy atom. The second-order valence-corrected chi connectivity index (χ2v) is 19.3. The fourth-order valence-corrected chi connectivity index (χ4v) is 10.2. The maximum Gasteiger partial charge on any atom is 0.264 e. The van der Waals surface area contributed by atoms with E-state index in [0.717, 1.165) is 56.3 Å². The number of anilines is 4. The van der Waals surface area contributed by atoms with Gasteiger partial charge in [-0.25, -0.2) is 18.7 Å². The highest BCUT2D eigenvalue weighted by Crippen LogP contribution is 2.36. The van der Waals surface area contributed by atoms with Crippen LogP contribution in [0, 0.1) is 17.0 Å². The normalized spacial score (nSPS) is 22.5. The lowest BCUT2D eigenvalue weighted by atomic mass is 9.82. The van der Waals surface area contributed by atoms with Crippen molar-refractivity contribution in [3.63, 3.8) is 0 Å². The predicted octanol–water partition coefficient (Wildman–Crippen LogP) is 3.00. The molecule has 66 heavy (non-hydrogen) atoms. The van der Waals surface area contributed by atoms with E-state index in [9.17, 15) is 24.0 Å². The largest absolute Gasteiger partial charge is 0.378 e. The third kappa shape index (κ3) is 9.69. The summed E-state index contributed by atoms with van der Waals surface area (Å²) in [5.41, 5.74) is 1.40. The average Bonchev–Trinajstić information content (AvgIpc) is 3.55. The van der Waals surface area contributed by atoms with Crippen molar-refractivity contribution in [1.29, 1.82) is 0 Å². The third-order valence-electron chi connectivity index (χ3n) is 14.3. The van der Waals surface area contributed by atoms with Crippen LogP contribution in [0.2, 0.25) is 0 Å². The van der Waals surface area contributed by atoms with E-state index in [2.05, 4.69) is 59.4 Å². The van der Waals surface area contributed by atoms with Crippen LogP contribution < -0.4 is 30.7 Å². The molecule has 5 saturated heterocycles. The van der Waals surface area contributed by atoms with Gasteiger partial charge in [-0.3, -0.25) is 44.0 Å². The molecule has 0 saturated carbocycles. The van der Waals surface area contributed by atoms with Crippen LogP contribution in [-0.2, 0) is 25.7 Å². The molecule has 7 heterocycles. The Morgan fingerprint density at radius 2 is 1.56 bits per heavy atom. The number of piperazine rings is 2. The van der Waals surface area contributed by atoms with Crippen LogP contribution in [0.4, 0.5) is 31.8 Å². The average molecular weight is 912 g/mol. The quantitative estimate of drug-likeness (QED) is 0.169. The zero-order chi connectivity index (χ0) is 46.2. The van der Waals surface area contributed by atoms with E-state index in [-0.39, 0.29) is 42.0 Å². The molecule has 5 amide bonds. The summed E-state index contributed by atoms with van der Waals surface area (Å²) in [6.45, 7) is 13.1. The molecule has 19 heteroatoms. The topological polar surface area (TPSA) is 176 Å². The fourth-order valence-electron chi connectivity index (χ4n) is 10.2. The highest BCUT2D eigenvalue weighted by Gasteiger charge is 2.47. The first-order chi connectivity index (χ1) is 31.7. The van der Waals surface area contributed by atoms with Crippen LogP contribution in [0.3, 0.4) is 0 Å². The van der Waals surface area contributed by atoms with Gasteiger partial charge < -0.3 is 30.1 Å². The standard InChI is InChI=1S/C47H59F2N11O6/c1-46(2)8-13-56(14-9-46)27-31-24-34(49)37(25-33(31)48)59-28-41(62)54-47(29-59)10-15-58(16-11-47)39-26-38(51-30-52-39)50-12-22-66-23-21-55-17-19-57(20-18-55)35-5-3-4-32-42(35)45(65)60(44(32)64)36-6-7-40(61)53-43(36)63/h3-5,24-26,30,36H,6-23,27-29H2,1-2H3,(H,54,62)(H,50,51,52)(H,53,61,63). The van der Waals surface area contributed by atoms with Gasteiger partial charge in [-0.1, -0.05) is 19.9 Å². The van der Waals surface area contributed by atoms with Gasteiger partial charge in [-0.15, -0.1) is 0 Å². The highest BCUT2D eigenvalue weighted by molar-refractivity contribution is 6.25. The maximum atomic E-state index is 15.7. The molecule has 2 aromatic carbocycles. The second kappa shape index (κ2) is 18.8. The Bertz CT molecular complexity index is 2360. The Morgan fingerprint density at radius 1 is 0.788 bits per heavy atom. The minimum atomic E-state index is -1.01. The lowest BCUT2D eigenvalue weighted by Gasteiger charge is -2.48. The van der Waals surface area contributed by atoms with Crippen LogP contribution in [0.25, 0.3) is 0 Å². The number of likely N-dealkylation sites (tertiary alicyclic amines) is 1. The van der Waals surface area contributed by atoms with Crippen molar-refractivity contribution in [2.24, 2.45) is 5.41 Å². The molecule has 1 atom stereocenters. The van der Waals surface area contributed by atoms with E-state index in [0.29, 0.717) is 94.5 Å². The summed E-state index contributed by atoms with van der Waals surface area (Å²) in [7, 11) is 0. The summed E-state index contributed by atoms with van der Waals surface area (Å²) in [5, 5.41) is 8.75. The van der Waals surface area contributed by atoms with Gasteiger partial charge in [0.25, 0.3) is 11.8 Å². The van der Waals surface area contributed by atoms with Crippen LogP contribution >= 0.6 is 0 Å². The molecule has 5 fully saturated rings. The Labute approximate surface area is 383 Å². The molecule has 6 aliphatic rings. The van der Waals surface area contributed by atoms with E-state index in [1.165, 1.54) is 18.5 Å². The lowest BCUT2D eigenvalue weighted by Crippen LogP contribution is -2.66. The zero-order valence-corrected chi connectivity index (χ0v) is 37.8.